The quantitative estimate of drug-likeness (QED) is 0.371. The number of hydrogen-bond acceptors (Lipinski definition) is 6. The van der Waals surface area contributed by atoms with E-state index in [1.165, 1.54) is 12.8 Å². The molecule has 0 saturated heterocycles. The van der Waals surface area contributed by atoms with Gasteiger partial charge in [-0.25, -0.2) is 9.97 Å². The minimum absolute atomic E-state index is 0.0149. The van der Waals surface area contributed by atoms with Gasteiger partial charge in [-0.05, 0) is 61.3 Å². The Kier molecular flexibility index (Phi) is 7.96. The predicted molar refractivity (Wildman–Crippen MR) is 136 cm³/mol. The number of hydrogen-bond donors (Lipinski definition) is 2. The summed E-state index contributed by atoms with van der Waals surface area (Å²) in [5.41, 5.74) is 2.92. The Labute approximate surface area is 206 Å². The van der Waals surface area contributed by atoms with Crippen molar-refractivity contribution in [2.24, 2.45) is 11.3 Å². The summed E-state index contributed by atoms with van der Waals surface area (Å²) in [6.45, 7) is 8.45. The van der Waals surface area contributed by atoms with E-state index >= 15 is 0 Å². The SMILES string of the molecule is CC(C)(C)C1CCC(Oc2ccc(Nc3ncnc4ccn(CCOCCO)c34)cc2Cl)CC1. The van der Waals surface area contributed by atoms with Crippen LogP contribution >= 0.6 is 11.6 Å². The van der Waals surface area contributed by atoms with E-state index in [0.29, 0.717) is 36.0 Å². The Hall–Kier alpha value is -2.35. The second-order valence-electron chi connectivity index (χ2n) is 10.0. The molecule has 2 aromatic heterocycles. The molecule has 8 heteroatoms. The third-order valence-electron chi connectivity index (χ3n) is 6.65. The lowest BCUT2D eigenvalue weighted by molar-refractivity contribution is 0.0875. The maximum atomic E-state index is 8.90. The zero-order valence-corrected chi connectivity index (χ0v) is 21.0. The molecule has 2 N–H and O–H groups in total. The van der Waals surface area contributed by atoms with Crippen molar-refractivity contribution in [1.82, 2.24) is 14.5 Å². The summed E-state index contributed by atoms with van der Waals surface area (Å²) >= 11 is 6.60. The third-order valence-corrected chi connectivity index (χ3v) is 6.94. The summed E-state index contributed by atoms with van der Waals surface area (Å²) < 4.78 is 13.7. The molecule has 0 aliphatic heterocycles. The maximum absolute atomic E-state index is 8.90. The number of ether oxygens (including phenoxy) is 2. The van der Waals surface area contributed by atoms with Crippen LogP contribution in [-0.2, 0) is 11.3 Å². The molecule has 1 fully saturated rings. The molecule has 3 aromatic rings. The van der Waals surface area contributed by atoms with E-state index in [1.54, 1.807) is 6.33 Å². The molecule has 0 atom stereocenters. The Morgan fingerprint density at radius 3 is 2.62 bits per heavy atom. The molecule has 0 amide bonds. The largest absolute Gasteiger partial charge is 0.489 e. The van der Waals surface area contributed by atoms with E-state index in [9.17, 15) is 0 Å². The van der Waals surface area contributed by atoms with Gasteiger partial charge in [-0.15, -0.1) is 0 Å². The second kappa shape index (κ2) is 10.9. The van der Waals surface area contributed by atoms with Gasteiger partial charge in [0.2, 0.25) is 0 Å². The van der Waals surface area contributed by atoms with Crippen molar-refractivity contribution >= 4 is 34.1 Å². The van der Waals surface area contributed by atoms with Crippen LogP contribution in [0, 0.1) is 11.3 Å². The molecular weight excluding hydrogens is 452 g/mol. The van der Waals surface area contributed by atoms with Gasteiger partial charge in [-0.3, -0.25) is 0 Å². The highest BCUT2D eigenvalue weighted by Crippen LogP contribution is 2.40. The van der Waals surface area contributed by atoms with Crippen LogP contribution in [0.2, 0.25) is 5.02 Å². The Morgan fingerprint density at radius 2 is 1.91 bits per heavy atom. The summed E-state index contributed by atoms with van der Waals surface area (Å²) in [6.07, 6.45) is 8.24. The van der Waals surface area contributed by atoms with Gasteiger partial charge >= 0.3 is 0 Å². The van der Waals surface area contributed by atoms with Crippen molar-refractivity contribution in [3.05, 3.63) is 41.8 Å². The summed E-state index contributed by atoms with van der Waals surface area (Å²) in [5.74, 6) is 2.17. The number of nitrogens with zero attached hydrogens (tertiary/aromatic N) is 3. The topological polar surface area (TPSA) is 81.4 Å². The fourth-order valence-corrected chi connectivity index (χ4v) is 4.90. The van der Waals surface area contributed by atoms with Gasteiger partial charge in [-0.2, -0.15) is 0 Å². The number of aliphatic hydroxyl groups excluding tert-OH is 1. The number of halogens is 1. The first-order valence-electron chi connectivity index (χ1n) is 12.1. The summed E-state index contributed by atoms with van der Waals surface area (Å²) in [4.78, 5) is 8.82. The first-order valence-corrected chi connectivity index (χ1v) is 12.4. The predicted octanol–water partition coefficient (Wildman–Crippen LogP) is 5.82. The lowest BCUT2D eigenvalue weighted by Gasteiger charge is -2.37. The highest BCUT2D eigenvalue weighted by atomic mass is 35.5. The number of nitrogens with one attached hydrogen (secondary N) is 1. The van der Waals surface area contributed by atoms with E-state index in [0.717, 1.165) is 41.2 Å². The van der Waals surface area contributed by atoms with E-state index in [1.807, 2.05) is 35.0 Å². The molecule has 0 bridgehead atoms. The van der Waals surface area contributed by atoms with Crippen LogP contribution in [0.15, 0.2) is 36.8 Å². The highest BCUT2D eigenvalue weighted by Gasteiger charge is 2.30. The smallest absolute Gasteiger partial charge is 0.158 e. The number of anilines is 2. The van der Waals surface area contributed by atoms with Crippen LogP contribution in [0.5, 0.6) is 5.75 Å². The van der Waals surface area contributed by atoms with Crippen LogP contribution in [-0.4, -0.2) is 45.6 Å². The van der Waals surface area contributed by atoms with Crippen molar-refractivity contribution in [3.8, 4) is 5.75 Å². The van der Waals surface area contributed by atoms with Gasteiger partial charge in [0.1, 0.15) is 17.6 Å². The molecule has 34 heavy (non-hydrogen) atoms. The first-order chi connectivity index (χ1) is 16.3. The number of benzene rings is 1. The highest BCUT2D eigenvalue weighted by molar-refractivity contribution is 6.32. The number of fused-ring (bicyclic) bond motifs is 1. The minimum atomic E-state index is 0.0149. The Bertz CT molecular complexity index is 1090. The van der Waals surface area contributed by atoms with Crippen LogP contribution in [0.3, 0.4) is 0 Å². The van der Waals surface area contributed by atoms with E-state index in [2.05, 4.69) is 36.1 Å². The average molecular weight is 487 g/mol. The monoisotopic (exact) mass is 486 g/mol. The fraction of sp³-hybridized carbons (Fsp3) is 0.538. The van der Waals surface area contributed by atoms with Crippen LogP contribution < -0.4 is 10.1 Å². The summed E-state index contributed by atoms with van der Waals surface area (Å²) in [7, 11) is 0. The van der Waals surface area contributed by atoms with Gasteiger partial charge < -0.3 is 24.5 Å². The zero-order chi connectivity index (χ0) is 24.1. The van der Waals surface area contributed by atoms with Crippen molar-refractivity contribution in [2.45, 2.75) is 59.1 Å². The van der Waals surface area contributed by atoms with Gasteiger partial charge in [0.05, 0.1) is 36.5 Å². The minimum Gasteiger partial charge on any atom is -0.489 e. The average Bonchev–Trinajstić information content (AvgIpc) is 3.22. The molecule has 184 valence electrons. The Morgan fingerprint density at radius 1 is 1.12 bits per heavy atom. The molecule has 1 aliphatic rings. The third kappa shape index (κ3) is 6.01. The number of aliphatic hydroxyl groups is 1. The lowest BCUT2D eigenvalue weighted by atomic mass is 9.72. The zero-order valence-electron chi connectivity index (χ0n) is 20.3. The molecule has 0 radical (unpaired) electrons. The van der Waals surface area contributed by atoms with Crippen molar-refractivity contribution in [3.63, 3.8) is 0 Å². The standard InChI is InChI=1S/C26H35ClN4O3/c1-26(2,3)18-4-7-20(8-5-18)34-23-9-6-19(16-21(23)27)30-25-24-22(28-17-29-25)10-11-31(24)12-14-33-15-13-32/h6,9-11,16-18,20,32H,4-5,7-8,12-15H2,1-3H3,(H,28,29,30). The number of rotatable bonds is 9. The van der Waals surface area contributed by atoms with Gasteiger partial charge in [-0.1, -0.05) is 32.4 Å². The van der Waals surface area contributed by atoms with Crippen LogP contribution in [0.1, 0.15) is 46.5 Å². The van der Waals surface area contributed by atoms with Crippen LogP contribution in [0.4, 0.5) is 11.5 Å². The summed E-state index contributed by atoms with van der Waals surface area (Å²) in [5, 5.41) is 12.9. The fourth-order valence-electron chi connectivity index (χ4n) is 4.68. The molecule has 4 rings (SSSR count). The van der Waals surface area contributed by atoms with Gasteiger partial charge in [0, 0.05) is 18.4 Å². The normalized spacial score (nSPS) is 18.9. The number of aromatic nitrogens is 3. The van der Waals surface area contributed by atoms with Crippen molar-refractivity contribution in [2.75, 3.05) is 25.1 Å². The molecule has 2 heterocycles. The van der Waals surface area contributed by atoms with E-state index < -0.39 is 0 Å². The molecular formula is C26H35ClN4O3. The van der Waals surface area contributed by atoms with Crippen LogP contribution in [0.25, 0.3) is 11.0 Å². The maximum Gasteiger partial charge on any atom is 0.158 e. The Balaban J connectivity index is 1.42. The van der Waals surface area contributed by atoms with Crippen molar-refractivity contribution < 1.29 is 14.6 Å². The van der Waals surface area contributed by atoms with E-state index in [-0.39, 0.29) is 12.7 Å². The summed E-state index contributed by atoms with van der Waals surface area (Å²) in [6, 6.07) is 7.73. The van der Waals surface area contributed by atoms with E-state index in [4.69, 9.17) is 26.2 Å². The lowest BCUT2D eigenvalue weighted by Crippen LogP contribution is -2.30. The molecule has 1 aromatic carbocycles. The first kappa shape index (κ1) is 24.8. The molecule has 7 nitrogen and oxygen atoms in total. The van der Waals surface area contributed by atoms with Gasteiger partial charge in [0.25, 0.3) is 0 Å². The van der Waals surface area contributed by atoms with Crippen molar-refractivity contribution in [1.29, 1.82) is 0 Å². The second-order valence-corrected chi connectivity index (χ2v) is 10.4. The molecule has 0 unspecified atom stereocenters. The molecule has 1 saturated carbocycles. The molecule has 1 aliphatic carbocycles. The van der Waals surface area contributed by atoms with Gasteiger partial charge in [0.15, 0.2) is 5.82 Å². The molecule has 0 spiro atoms.